The van der Waals surface area contributed by atoms with Gasteiger partial charge in [0.2, 0.25) is 10.0 Å². The van der Waals surface area contributed by atoms with Crippen molar-refractivity contribution in [1.29, 1.82) is 0 Å². The topological polar surface area (TPSA) is 83.6 Å². The van der Waals surface area contributed by atoms with E-state index in [1.807, 2.05) is 0 Å². The highest BCUT2D eigenvalue weighted by Crippen LogP contribution is 2.24. The molecule has 0 unspecified atom stereocenters. The Balaban J connectivity index is 1.70. The van der Waals surface area contributed by atoms with Crippen LogP contribution in [-0.4, -0.2) is 38.2 Å². The van der Waals surface area contributed by atoms with Crippen molar-refractivity contribution in [3.05, 3.63) is 65.0 Å². The smallest absolute Gasteiger partial charge is 0.264 e. The molecule has 0 radical (unpaired) electrons. The summed E-state index contributed by atoms with van der Waals surface area (Å²) < 4.78 is 40.6. The van der Waals surface area contributed by atoms with Crippen molar-refractivity contribution in [3.63, 3.8) is 0 Å². The number of sulfonamides is 1. The zero-order chi connectivity index (χ0) is 18.2. The molecule has 0 spiro atoms. The first-order chi connectivity index (χ1) is 11.8. The van der Waals surface area contributed by atoms with E-state index in [1.54, 1.807) is 19.1 Å². The van der Waals surface area contributed by atoms with Crippen molar-refractivity contribution in [1.82, 2.24) is 9.62 Å². The average molecular weight is 362 g/mol. The normalized spacial score (nSPS) is 14.1. The molecule has 1 N–H and O–H groups in total. The second-order valence-electron chi connectivity index (χ2n) is 5.64. The van der Waals surface area contributed by atoms with Crippen molar-refractivity contribution in [2.24, 2.45) is 0 Å². The van der Waals surface area contributed by atoms with E-state index in [9.17, 15) is 22.4 Å². The third kappa shape index (κ3) is 3.18. The SMILES string of the molecule is Cc1cccc(S(=O)(=O)NCCN2C(=O)c3cccc(F)c3C2=O)c1. The molecular weight excluding hydrogens is 347 g/mol. The van der Waals surface area contributed by atoms with E-state index in [0.29, 0.717) is 0 Å². The summed E-state index contributed by atoms with van der Waals surface area (Å²) in [6, 6.07) is 10.2. The molecule has 0 aromatic heterocycles. The Morgan fingerprint density at radius 2 is 1.80 bits per heavy atom. The Hall–Kier alpha value is -2.58. The fraction of sp³-hybridized carbons (Fsp3) is 0.176. The molecule has 0 saturated carbocycles. The standard InChI is InChI=1S/C17H15FN2O4S/c1-11-4-2-5-12(10-11)25(23,24)19-8-9-20-16(21)13-6-3-7-14(18)15(13)17(20)22/h2-7,10,19H,8-9H2,1H3. The van der Waals surface area contributed by atoms with Crippen LogP contribution in [0.4, 0.5) is 4.39 Å². The number of hydrogen-bond donors (Lipinski definition) is 1. The second-order valence-corrected chi connectivity index (χ2v) is 7.41. The summed E-state index contributed by atoms with van der Waals surface area (Å²) in [6.07, 6.45) is 0. The Kier molecular flexibility index (Phi) is 4.40. The van der Waals surface area contributed by atoms with Crippen LogP contribution in [0.25, 0.3) is 0 Å². The quantitative estimate of drug-likeness (QED) is 0.821. The number of rotatable bonds is 5. The van der Waals surface area contributed by atoms with Gasteiger partial charge in [-0.05, 0) is 36.8 Å². The first-order valence-electron chi connectivity index (χ1n) is 7.52. The zero-order valence-electron chi connectivity index (χ0n) is 13.3. The van der Waals surface area contributed by atoms with Crippen LogP contribution in [0.1, 0.15) is 26.3 Å². The molecule has 130 valence electrons. The van der Waals surface area contributed by atoms with Crippen LogP contribution in [0.15, 0.2) is 47.4 Å². The van der Waals surface area contributed by atoms with E-state index in [2.05, 4.69) is 4.72 Å². The molecule has 0 saturated heterocycles. The summed E-state index contributed by atoms with van der Waals surface area (Å²) in [7, 11) is -3.76. The zero-order valence-corrected chi connectivity index (χ0v) is 14.1. The molecule has 2 amide bonds. The maximum atomic E-state index is 13.7. The van der Waals surface area contributed by atoms with Gasteiger partial charge in [0.05, 0.1) is 16.0 Å². The summed E-state index contributed by atoms with van der Waals surface area (Å²) in [4.78, 5) is 25.3. The summed E-state index contributed by atoms with van der Waals surface area (Å²) in [5, 5.41) is 0. The number of nitrogens with zero attached hydrogens (tertiary/aromatic N) is 1. The van der Waals surface area contributed by atoms with Crippen LogP contribution in [0, 0.1) is 12.7 Å². The van der Waals surface area contributed by atoms with Crippen LogP contribution < -0.4 is 4.72 Å². The molecule has 2 aromatic rings. The van der Waals surface area contributed by atoms with E-state index in [1.165, 1.54) is 24.3 Å². The summed E-state index contributed by atoms with van der Waals surface area (Å²) in [5.74, 6) is -2.15. The number of benzene rings is 2. The maximum absolute atomic E-state index is 13.7. The van der Waals surface area contributed by atoms with Crippen LogP contribution in [0.5, 0.6) is 0 Å². The fourth-order valence-corrected chi connectivity index (χ4v) is 3.78. The molecule has 1 aliphatic rings. The van der Waals surface area contributed by atoms with Gasteiger partial charge in [-0.25, -0.2) is 17.5 Å². The minimum atomic E-state index is -3.76. The van der Waals surface area contributed by atoms with Gasteiger partial charge in [0, 0.05) is 13.1 Å². The van der Waals surface area contributed by atoms with Gasteiger partial charge >= 0.3 is 0 Å². The number of carbonyl (C=O) groups is 2. The minimum absolute atomic E-state index is 0.00783. The predicted octanol–water partition coefficient (Wildman–Crippen LogP) is 1.71. The Morgan fingerprint density at radius 1 is 1.08 bits per heavy atom. The largest absolute Gasteiger partial charge is 0.273 e. The number of carbonyl (C=O) groups excluding carboxylic acids is 2. The number of halogens is 1. The van der Waals surface area contributed by atoms with Crippen molar-refractivity contribution in [2.45, 2.75) is 11.8 Å². The van der Waals surface area contributed by atoms with Gasteiger partial charge < -0.3 is 0 Å². The number of fused-ring (bicyclic) bond motifs is 1. The monoisotopic (exact) mass is 362 g/mol. The molecule has 1 aliphatic heterocycles. The third-order valence-electron chi connectivity index (χ3n) is 3.88. The first-order valence-corrected chi connectivity index (χ1v) is 9.00. The number of hydrogen-bond acceptors (Lipinski definition) is 4. The molecule has 0 fully saturated rings. The summed E-state index contributed by atoms with van der Waals surface area (Å²) in [6.45, 7) is 1.42. The van der Waals surface area contributed by atoms with Crippen molar-refractivity contribution in [2.75, 3.05) is 13.1 Å². The third-order valence-corrected chi connectivity index (χ3v) is 5.33. The molecule has 2 aromatic carbocycles. The molecule has 25 heavy (non-hydrogen) atoms. The Morgan fingerprint density at radius 3 is 2.48 bits per heavy atom. The highest BCUT2D eigenvalue weighted by molar-refractivity contribution is 7.89. The van der Waals surface area contributed by atoms with Crippen LogP contribution in [0.2, 0.25) is 0 Å². The molecule has 3 rings (SSSR count). The number of amides is 2. The van der Waals surface area contributed by atoms with Crippen LogP contribution >= 0.6 is 0 Å². The summed E-state index contributed by atoms with van der Waals surface area (Å²) in [5.41, 5.74) is 0.513. The van der Waals surface area contributed by atoms with Gasteiger partial charge in [-0.2, -0.15) is 0 Å². The van der Waals surface area contributed by atoms with E-state index < -0.39 is 27.7 Å². The van der Waals surface area contributed by atoms with Gasteiger partial charge in [-0.15, -0.1) is 0 Å². The summed E-state index contributed by atoms with van der Waals surface area (Å²) >= 11 is 0. The number of aryl methyl sites for hydroxylation is 1. The van der Waals surface area contributed by atoms with E-state index >= 15 is 0 Å². The lowest BCUT2D eigenvalue weighted by atomic mass is 10.1. The first kappa shape index (κ1) is 17.2. The highest BCUT2D eigenvalue weighted by Gasteiger charge is 2.37. The van der Waals surface area contributed by atoms with Gasteiger partial charge in [0.15, 0.2) is 0 Å². The van der Waals surface area contributed by atoms with Gasteiger partial charge in [-0.3, -0.25) is 14.5 Å². The lowest BCUT2D eigenvalue weighted by molar-refractivity contribution is 0.0656. The predicted molar refractivity (Wildman–Crippen MR) is 88.1 cm³/mol. The van der Waals surface area contributed by atoms with Crippen molar-refractivity contribution >= 4 is 21.8 Å². The van der Waals surface area contributed by atoms with Gasteiger partial charge in [0.1, 0.15) is 5.82 Å². The van der Waals surface area contributed by atoms with E-state index in [-0.39, 0.29) is 29.1 Å². The molecule has 6 nitrogen and oxygen atoms in total. The second kappa shape index (κ2) is 6.38. The molecule has 1 heterocycles. The van der Waals surface area contributed by atoms with Gasteiger partial charge in [0.25, 0.3) is 11.8 Å². The van der Waals surface area contributed by atoms with Crippen LogP contribution in [-0.2, 0) is 10.0 Å². The van der Waals surface area contributed by atoms with Crippen molar-refractivity contribution < 1.29 is 22.4 Å². The fourth-order valence-electron chi connectivity index (χ4n) is 2.65. The number of nitrogens with one attached hydrogen (secondary N) is 1. The Labute approximate surface area is 144 Å². The maximum Gasteiger partial charge on any atom is 0.264 e. The molecule has 0 bridgehead atoms. The molecule has 8 heteroatoms. The molecular formula is C17H15FN2O4S. The highest BCUT2D eigenvalue weighted by atomic mass is 32.2. The van der Waals surface area contributed by atoms with Crippen LogP contribution in [0.3, 0.4) is 0 Å². The molecule has 0 aliphatic carbocycles. The average Bonchev–Trinajstić information content (AvgIpc) is 2.81. The van der Waals surface area contributed by atoms with E-state index in [0.717, 1.165) is 16.5 Å². The lowest BCUT2D eigenvalue weighted by Crippen LogP contribution is -2.38. The number of imide groups is 1. The van der Waals surface area contributed by atoms with E-state index in [4.69, 9.17) is 0 Å². The minimum Gasteiger partial charge on any atom is -0.273 e. The molecule has 0 atom stereocenters. The Bertz CT molecular complexity index is 972. The lowest BCUT2D eigenvalue weighted by Gasteiger charge is -2.14. The van der Waals surface area contributed by atoms with Gasteiger partial charge in [-0.1, -0.05) is 18.2 Å². The van der Waals surface area contributed by atoms with Crippen molar-refractivity contribution in [3.8, 4) is 0 Å².